The molecule has 2 N–H and O–H groups in total. The van der Waals surface area contributed by atoms with Crippen LogP contribution in [0.15, 0.2) is 53.4 Å². The fourth-order valence-electron chi connectivity index (χ4n) is 3.01. The number of hydrogen-bond acceptors (Lipinski definition) is 6. The van der Waals surface area contributed by atoms with Gasteiger partial charge in [-0.1, -0.05) is 12.5 Å². The summed E-state index contributed by atoms with van der Waals surface area (Å²) in [4.78, 5) is 24.0. The maximum absolute atomic E-state index is 12.6. The van der Waals surface area contributed by atoms with Crippen LogP contribution in [-0.2, 0) is 19.6 Å². The van der Waals surface area contributed by atoms with Crippen LogP contribution in [0, 0.1) is 0 Å². The molecule has 1 aliphatic heterocycles. The highest BCUT2D eigenvalue weighted by Crippen LogP contribution is 2.22. The SMILES string of the molecule is O=C(COC(=O)c1cccc(O)c1)Nc1ccc(S(=O)(=O)N2CCCCC2)cc1. The number of ether oxygens (including phenoxy) is 1. The molecule has 0 radical (unpaired) electrons. The van der Waals surface area contributed by atoms with Crippen molar-refractivity contribution in [1.29, 1.82) is 0 Å². The van der Waals surface area contributed by atoms with Crippen LogP contribution >= 0.6 is 0 Å². The van der Waals surface area contributed by atoms with E-state index in [1.165, 1.54) is 52.8 Å². The number of carbonyl (C=O) groups is 2. The third-order valence-corrected chi connectivity index (χ3v) is 6.42. The molecular formula is C20H22N2O6S. The first kappa shape index (κ1) is 20.8. The van der Waals surface area contributed by atoms with Gasteiger partial charge in [0.2, 0.25) is 10.0 Å². The van der Waals surface area contributed by atoms with E-state index in [2.05, 4.69) is 5.32 Å². The Hall–Kier alpha value is -2.91. The molecule has 0 aliphatic carbocycles. The molecule has 1 fully saturated rings. The molecule has 29 heavy (non-hydrogen) atoms. The van der Waals surface area contributed by atoms with Crippen LogP contribution in [0.5, 0.6) is 5.75 Å². The molecule has 0 aromatic heterocycles. The number of amides is 1. The molecule has 9 heteroatoms. The van der Waals surface area contributed by atoms with Crippen molar-refractivity contribution in [3.8, 4) is 5.75 Å². The van der Waals surface area contributed by atoms with Gasteiger partial charge < -0.3 is 15.2 Å². The maximum Gasteiger partial charge on any atom is 0.338 e. The van der Waals surface area contributed by atoms with Crippen molar-refractivity contribution in [2.75, 3.05) is 25.0 Å². The first-order valence-electron chi connectivity index (χ1n) is 9.22. The van der Waals surface area contributed by atoms with E-state index < -0.39 is 28.5 Å². The highest BCUT2D eigenvalue weighted by molar-refractivity contribution is 7.89. The predicted molar refractivity (Wildman–Crippen MR) is 106 cm³/mol. The molecule has 1 aliphatic rings. The van der Waals surface area contributed by atoms with Gasteiger partial charge in [0.15, 0.2) is 6.61 Å². The minimum Gasteiger partial charge on any atom is -0.508 e. The number of piperidine rings is 1. The Bertz CT molecular complexity index is 982. The van der Waals surface area contributed by atoms with Gasteiger partial charge in [0.1, 0.15) is 5.75 Å². The third kappa shape index (κ3) is 5.33. The number of sulfonamides is 1. The van der Waals surface area contributed by atoms with Crippen LogP contribution in [0.3, 0.4) is 0 Å². The van der Waals surface area contributed by atoms with Crippen molar-refractivity contribution < 1.29 is 27.9 Å². The molecule has 0 atom stereocenters. The van der Waals surface area contributed by atoms with Gasteiger partial charge in [0.25, 0.3) is 5.91 Å². The van der Waals surface area contributed by atoms with E-state index in [4.69, 9.17) is 4.74 Å². The molecule has 2 aromatic carbocycles. The van der Waals surface area contributed by atoms with Crippen LogP contribution in [0.25, 0.3) is 0 Å². The Morgan fingerprint density at radius 2 is 1.72 bits per heavy atom. The summed E-state index contributed by atoms with van der Waals surface area (Å²) in [6.45, 7) is 0.527. The largest absolute Gasteiger partial charge is 0.508 e. The van der Waals surface area contributed by atoms with Gasteiger partial charge in [0, 0.05) is 18.8 Å². The second kappa shape index (κ2) is 9.06. The van der Waals surface area contributed by atoms with Crippen LogP contribution in [0.4, 0.5) is 5.69 Å². The van der Waals surface area contributed by atoms with E-state index >= 15 is 0 Å². The van der Waals surface area contributed by atoms with Crippen molar-refractivity contribution in [3.63, 3.8) is 0 Å². The Balaban J connectivity index is 1.55. The number of phenolic OH excluding ortho intramolecular Hbond substituents is 1. The first-order chi connectivity index (χ1) is 13.9. The zero-order valence-electron chi connectivity index (χ0n) is 15.7. The van der Waals surface area contributed by atoms with Gasteiger partial charge in [0.05, 0.1) is 10.5 Å². The van der Waals surface area contributed by atoms with Crippen LogP contribution in [0.1, 0.15) is 29.6 Å². The molecule has 1 amide bonds. The van der Waals surface area contributed by atoms with Gasteiger partial charge in [-0.05, 0) is 55.3 Å². The number of benzene rings is 2. The Morgan fingerprint density at radius 1 is 1.03 bits per heavy atom. The van der Waals surface area contributed by atoms with Gasteiger partial charge in [-0.3, -0.25) is 4.79 Å². The topological polar surface area (TPSA) is 113 Å². The van der Waals surface area contributed by atoms with E-state index in [1.807, 2.05) is 0 Å². The van der Waals surface area contributed by atoms with Crippen LogP contribution < -0.4 is 5.32 Å². The lowest BCUT2D eigenvalue weighted by atomic mass is 10.2. The molecule has 154 valence electrons. The zero-order chi connectivity index (χ0) is 20.9. The Labute approximate surface area is 169 Å². The Kier molecular flexibility index (Phi) is 6.50. The fourth-order valence-corrected chi connectivity index (χ4v) is 4.53. The molecule has 1 saturated heterocycles. The summed E-state index contributed by atoms with van der Waals surface area (Å²) in [5.41, 5.74) is 0.520. The quantitative estimate of drug-likeness (QED) is 0.697. The molecule has 0 saturated carbocycles. The summed E-state index contributed by atoms with van der Waals surface area (Å²) in [6.07, 6.45) is 2.75. The molecule has 1 heterocycles. The van der Waals surface area contributed by atoms with Crippen molar-refractivity contribution in [2.45, 2.75) is 24.2 Å². The molecule has 0 unspecified atom stereocenters. The average molecular weight is 418 g/mol. The molecule has 0 spiro atoms. The standard InChI is InChI=1S/C20H22N2O6S/c23-17-6-4-5-15(13-17)20(25)28-14-19(24)21-16-7-9-18(10-8-16)29(26,27)22-11-2-1-3-12-22/h4-10,13,23H,1-3,11-12,14H2,(H,21,24). The monoisotopic (exact) mass is 418 g/mol. The van der Waals surface area contributed by atoms with Crippen molar-refractivity contribution in [1.82, 2.24) is 4.31 Å². The average Bonchev–Trinajstić information content (AvgIpc) is 2.73. The number of aromatic hydroxyl groups is 1. The molecule has 2 aromatic rings. The number of phenols is 1. The van der Waals surface area contributed by atoms with Crippen LogP contribution in [-0.4, -0.2) is 49.4 Å². The highest BCUT2D eigenvalue weighted by Gasteiger charge is 2.25. The van der Waals surface area contributed by atoms with Gasteiger partial charge in [-0.15, -0.1) is 0 Å². The number of esters is 1. The zero-order valence-corrected chi connectivity index (χ0v) is 16.5. The van der Waals surface area contributed by atoms with Gasteiger partial charge >= 0.3 is 5.97 Å². The van der Waals surface area contributed by atoms with Gasteiger partial charge in [-0.2, -0.15) is 4.31 Å². The van der Waals surface area contributed by atoms with Crippen molar-refractivity contribution >= 4 is 27.6 Å². The number of hydrogen-bond donors (Lipinski definition) is 2. The summed E-state index contributed by atoms with van der Waals surface area (Å²) < 4.78 is 31.6. The summed E-state index contributed by atoms with van der Waals surface area (Å²) in [5, 5.41) is 11.9. The number of anilines is 1. The molecular weight excluding hydrogens is 396 g/mol. The minimum atomic E-state index is -3.53. The first-order valence-corrected chi connectivity index (χ1v) is 10.7. The number of nitrogens with zero attached hydrogens (tertiary/aromatic N) is 1. The normalized spacial score (nSPS) is 14.9. The number of nitrogens with one attached hydrogen (secondary N) is 1. The molecule has 0 bridgehead atoms. The molecule has 8 nitrogen and oxygen atoms in total. The summed E-state index contributed by atoms with van der Waals surface area (Å²) in [7, 11) is -3.53. The lowest BCUT2D eigenvalue weighted by Gasteiger charge is -2.25. The number of carbonyl (C=O) groups excluding carboxylic acids is 2. The fraction of sp³-hybridized carbons (Fsp3) is 0.300. The van der Waals surface area contributed by atoms with Crippen LogP contribution in [0.2, 0.25) is 0 Å². The molecule has 3 rings (SSSR count). The van der Waals surface area contributed by atoms with E-state index in [1.54, 1.807) is 0 Å². The lowest BCUT2D eigenvalue weighted by molar-refractivity contribution is -0.119. The second-order valence-corrected chi connectivity index (χ2v) is 8.60. The van der Waals surface area contributed by atoms with E-state index in [0.717, 1.165) is 19.3 Å². The maximum atomic E-state index is 12.6. The lowest BCUT2D eigenvalue weighted by Crippen LogP contribution is -2.35. The summed E-state index contributed by atoms with van der Waals surface area (Å²) >= 11 is 0. The third-order valence-electron chi connectivity index (χ3n) is 4.51. The predicted octanol–water partition coefficient (Wildman–Crippen LogP) is 2.36. The smallest absolute Gasteiger partial charge is 0.338 e. The van der Waals surface area contributed by atoms with Crippen molar-refractivity contribution in [3.05, 3.63) is 54.1 Å². The van der Waals surface area contributed by atoms with Crippen molar-refractivity contribution in [2.24, 2.45) is 0 Å². The van der Waals surface area contributed by atoms with Gasteiger partial charge in [-0.25, -0.2) is 13.2 Å². The van der Waals surface area contributed by atoms with E-state index in [0.29, 0.717) is 18.8 Å². The second-order valence-electron chi connectivity index (χ2n) is 6.66. The highest BCUT2D eigenvalue weighted by atomic mass is 32.2. The van der Waals surface area contributed by atoms with E-state index in [-0.39, 0.29) is 16.2 Å². The summed E-state index contributed by atoms with van der Waals surface area (Å²) in [5.74, 6) is -1.38. The van der Waals surface area contributed by atoms with E-state index in [9.17, 15) is 23.1 Å². The minimum absolute atomic E-state index is 0.0801. The Morgan fingerprint density at radius 3 is 2.38 bits per heavy atom. The number of rotatable bonds is 6. The summed E-state index contributed by atoms with van der Waals surface area (Å²) in [6, 6.07) is 11.5.